The van der Waals surface area contributed by atoms with E-state index in [1.807, 2.05) is 25.8 Å². The minimum absolute atomic E-state index is 0.00252. The van der Waals surface area contributed by atoms with Crippen LogP contribution in [0, 0.1) is 44.3 Å². The first-order valence-corrected chi connectivity index (χ1v) is 18.7. The van der Waals surface area contributed by atoms with Crippen LogP contribution < -0.4 is 27.4 Å². The summed E-state index contributed by atoms with van der Waals surface area (Å²) in [6, 6.07) is 0. The number of ether oxygens (including phenoxy) is 3. The quantitative estimate of drug-likeness (QED) is 0.0823. The fraction of sp³-hybridized carbons (Fsp3) is 0.900. The molecular formula is C40H82N6O5. The molecule has 2 amide bonds. The molecule has 0 saturated carbocycles. The highest BCUT2D eigenvalue weighted by atomic mass is 16.5. The average molecular weight is 727 g/mol. The highest BCUT2D eigenvalue weighted by Crippen LogP contribution is 2.22. The van der Waals surface area contributed by atoms with Gasteiger partial charge in [-0.1, -0.05) is 90.0 Å². The smallest absolute Gasteiger partial charge is 0.234 e. The third-order valence-electron chi connectivity index (χ3n) is 7.99. The number of hydrogen-bond donors (Lipinski definition) is 5. The first kappa shape index (κ1) is 51.3. The summed E-state index contributed by atoms with van der Waals surface area (Å²) in [5.41, 5.74) is 10.6. The lowest BCUT2D eigenvalue weighted by Crippen LogP contribution is -2.49. The Balaban J connectivity index is 0. The van der Waals surface area contributed by atoms with Gasteiger partial charge in [0.2, 0.25) is 11.8 Å². The van der Waals surface area contributed by atoms with Crippen molar-refractivity contribution in [2.75, 3.05) is 99.0 Å². The molecule has 0 aromatic rings. The zero-order chi connectivity index (χ0) is 40.0. The summed E-state index contributed by atoms with van der Waals surface area (Å²) in [4.78, 5) is 28.3. The van der Waals surface area contributed by atoms with Gasteiger partial charge >= 0.3 is 0 Å². The van der Waals surface area contributed by atoms with E-state index in [9.17, 15) is 9.59 Å². The molecule has 302 valence electrons. The first-order valence-electron chi connectivity index (χ1n) is 18.7. The van der Waals surface area contributed by atoms with Gasteiger partial charge in [-0.2, -0.15) is 0 Å². The molecule has 11 heteroatoms. The van der Waals surface area contributed by atoms with E-state index in [1.54, 1.807) is 0 Å². The van der Waals surface area contributed by atoms with Crippen molar-refractivity contribution >= 4 is 11.8 Å². The van der Waals surface area contributed by atoms with E-state index in [1.165, 1.54) is 0 Å². The summed E-state index contributed by atoms with van der Waals surface area (Å²) in [6.07, 6.45) is 0.983. The zero-order valence-corrected chi connectivity index (χ0v) is 35.7. The van der Waals surface area contributed by atoms with Crippen LogP contribution in [0.1, 0.15) is 103 Å². The van der Waals surface area contributed by atoms with Crippen molar-refractivity contribution in [3.63, 3.8) is 0 Å². The maximum Gasteiger partial charge on any atom is 0.234 e. The van der Waals surface area contributed by atoms with Gasteiger partial charge in [0.25, 0.3) is 0 Å². The van der Waals surface area contributed by atoms with E-state index >= 15 is 0 Å². The monoisotopic (exact) mass is 727 g/mol. The molecule has 0 unspecified atom stereocenters. The van der Waals surface area contributed by atoms with Gasteiger partial charge in [-0.05, 0) is 27.1 Å². The zero-order valence-electron chi connectivity index (χ0n) is 35.7. The predicted octanol–water partition coefficient (Wildman–Crippen LogP) is 4.28. The normalized spacial score (nSPS) is 12.9. The summed E-state index contributed by atoms with van der Waals surface area (Å²) in [5.74, 6) is 5.36. The average Bonchev–Trinajstić information content (AvgIpc) is 2.99. The van der Waals surface area contributed by atoms with Crippen LogP contribution in [0.2, 0.25) is 0 Å². The third kappa shape index (κ3) is 29.4. The van der Waals surface area contributed by atoms with Crippen LogP contribution in [0.5, 0.6) is 0 Å². The molecule has 0 rings (SSSR count). The van der Waals surface area contributed by atoms with E-state index in [0.29, 0.717) is 72.4 Å². The van der Waals surface area contributed by atoms with Gasteiger partial charge in [0.05, 0.1) is 52.7 Å². The molecule has 0 aliphatic heterocycles. The van der Waals surface area contributed by atoms with Gasteiger partial charge in [0.15, 0.2) is 0 Å². The van der Waals surface area contributed by atoms with Crippen LogP contribution in [0.15, 0.2) is 0 Å². The maximum atomic E-state index is 13.2. The highest BCUT2D eigenvalue weighted by molar-refractivity contribution is 5.81. The Kier molecular flexibility index (Phi) is 24.7. The van der Waals surface area contributed by atoms with Crippen LogP contribution >= 0.6 is 0 Å². The van der Waals surface area contributed by atoms with E-state index in [-0.39, 0.29) is 57.4 Å². The molecule has 11 nitrogen and oxygen atoms in total. The molecule has 0 atom stereocenters. The van der Waals surface area contributed by atoms with Crippen molar-refractivity contribution in [2.24, 2.45) is 44.0 Å². The molecule has 51 heavy (non-hydrogen) atoms. The number of nitrogens with two attached hydrogens (primary N) is 2. The Hall–Kier alpha value is -1.78. The molecule has 0 spiro atoms. The molecular weight excluding hydrogens is 644 g/mol. The number of hydrogen-bond acceptors (Lipinski definition) is 9. The molecule has 0 bridgehead atoms. The topological polar surface area (TPSA) is 153 Å². The second-order valence-corrected chi connectivity index (χ2v) is 18.9. The number of nitrogens with one attached hydrogen (secondary N) is 3. The number of carbonyl (C=O) groups excluding carboxylic acids is 2. The third-order valence-corrected chi connectivity index (χ3v) is 7.99. The maximum absolute atomic E-state index is 13.2. The second kappa shape index (κ2) is 24.5. The lowest BCUT2D eigenvalue weighted by Gasteiger charge is -2.34. The summed E-state index contributed by atoms with van der Waals surface area (Å²) in [5, 5.41) is 9.35. The van der Waals surface area contributed by atoms with Crippen LogP contribution in [-0.2, 0) is 23.8 Å². The Morgan fingerprint density at radius 3 is 1.22 bits per heavy atom. The van der Waals surface area contributed by atoms with Gasteiger partial charge in [-0.15, -0.1) is 11.8 Å². The predicted molar refractivity (Wildman–Crippen MR) is 213 cm³/mol. The summed E-state index contributed by atoms with van der Waals surface area (Å²) in [6.45, 7) is 35.7. The van der Waals surface area contributed by atoms with Gasteiger partial charge in [-0.25, -0.2) is 0 Å². The van der Waals surface area contributed by atoms with Crippen LogP contribution in [0.4, 0.5) is 0 Å². The highest BCUT2D eigenvalue weighted by Gasteiger charge is 2.29. The van der Waals surface area contributed by atoms with Crippen molar-refractivity contribution in [3.8, 4) is 11.8 Å². The molecule has 0 aliphatic carbocycles. The fourth-order valence-corrected chi connectivity index (χ4v) is 4.75. The van der Waals surface area contributed by atoms with Crippen molar-refractivity contribution in [1.82, 2.24) is 20.9 Å². The van der Waals surface area contributed by atoms with E-state index in [0.717, 1.165) is 13.0 Å². The number of rotatable bonds is 26. The molecule has 0 radical (unpaired) electrons. The Labute approximate surface area is 314 Å². The first-order chi connectivity index (χ1) is 23.3. The van der Waals surface area contributed by atoms with Gasteiger partial charge in [-0.3, -0.25) is 14.5 Å². The fourth-order valence-electron chi connectivity index (χ4n) is 4.75. The van der Waals surface area contributed by atoms with Crippen LogP contribution in [0.3, 0.4) is 0 Å². The van der Waals surface area contributed by atoms with Crippen molar-refractivity contribution in [2.45, 2.75) is 103 Å². The van der Waals surface area contributed by atoms with E-state index in [2.05, 4.69) is 111 Å². The molecule has 0 aromatic heterocycles. The molecule has 0 aromatic carbocycles. The van der Waals surface area contributed by atoms with Crippen LogP contribution in [0.25, 0.3) is 0 Å². The molecule has 0 heterocycles. The Morgan fingerprint density at radius 1 is 0.588 bits per heavy atom. The number of amides is 2. The van der Waals surface area contributed by atoms with E-state index in [4.69, 9.17) is 25.7 Å². The standard InChI is InChI=1S/C35H74N6O5.C5H8/c1-30(2,16-36)22-44-25-33(7,8)19-39-28(42)14-41(21-35(11,12)27-46-24-32(5,6)18-38-13)15-29(43)40-20-34(9,10)26-45-23-31(3,4)17-37;1-3-5-4-2/h38H,14-27,36-37H2,1-13H3,(H,39,42)(H,40,43);3H2,1-2H3. The minimum Gasteiger partial charge on any atom is -0.380 e. The molecule has 0 aliphatic rings. The SMILES string of the molecule is CC#CCC.CNCC(C)(C)COCC(C)(C)CN(CC(=O)NCC(C)(C)COCC(C)(C)CN)CC(=O)NCC(C)(C)COCC(C)(C)CN. The van der Waals surface area contributed by atoms with E-state index < -0.39 is 0 Å². The Morgan fingerprint density at radius 2 is 0.922 bits per heavy atom. The van der Waals surface area contributed by atoms with Crippen molar-refractivity contribution < 1.29 is 23.8 Å². The molecule has 7 N–H and O–H groups in total. The van der Waals surface area contributed by atoms with Crippen molar-refractivity contribution in [3.05, 3.63) is 0 Å². The van der Waals surface area contributed by atoms with Gasteiger partial charge in [0.1, 0.15) is 0 Å². The lowest BCUT2D eigenvalue weighted by atomic mass is 9.92. The van der Waals surface area contributed by atoms with Gasteiger partial charge < -0.3 is 41.6 Å². The Bertz CT molecular complexity index is 978. The summed E-state index contributed by atoms with van der Waals surface area (Å²) >= 11 is 0. The van der Waals surface area contributed by atoms with Gasteiger partial charge in [0, 0.05) is 65.1 Å². The minimum atomic E-state index is -0.290. The van der Waals surface area contributed by atoms with Crippen LogP contribution in [-0.4, -0.2) is 116 Å². The number of carbonyl (C=O) groups is 2. The molecule has 0 fully saturated rings. The summed E-state index contributed by atoms with van der Waals surface area (Å²) < 4.78 is 18.0. The largest absolute Gasteiger partial charge is 0.380 e. The summed E-state index contributed by atoms with van der Waals surface area (Å²) in [7, 11) is 1.94. The number of nitrogens with zero attached hydrogens (tertiary/aromatic N) is 1. The second-order valence-electron chi connectivity index (χ2n) is 18.9. The van der Waals surface area contributed by atoms with Crippen molar-refractivity contribution in [1.29, 1.82) is 0 Å². The lowest BCUT2D eigenvalue weighted by molar-refractivity contribution is -0.126. The molecule has 0 saturated heterocycles.